The normalized spacial score (nSPS) is 24.0. The summed E-state index contributed by atoms with van der Waals surface area (Å²) in [7, 11) is 1.58. The van der Waals surface area contributed by atoms with E-state index >= 15 is 0 Å². The Morgan fingerprint density at radius 1 is 0.853 bits per heavy atom. The van der Waals surface area contributed by atoms with Gasteiger partial charge in [0, 0.05) is 34.2 Å². The molecule has 1 aromatic carbocycles. The van der Waals surface area contributed by atoms with Crippen LogP contribution < -0.4 is 9.46 Å². The van der Waals surface area contributed by atoms with Gasteiger partial charge in [-0.15, -0.1) is 0 Å². The fourth-order valence-corrected chi connectivity index (χ4v) is 4.19. The van der Waals surface area contributed by atoms with Crippen LogP contribution >= 0.6 is 11.9 Å². The molecular formula is C22H29NO10S. The molecule has 5 atom stereocenters. The van der Waals surface area contributed by atoms with Crippen molar-refractivity contribution in [3.63, 3.8) is 0 Å². The average Bonchev–Trinajstić information content (AvgIpc) is 2.75. The number of methoxy groups -OCH3 is 1. The maximum atomic E-state index is 11.8. The van der Waals surface area contributed by atoms with Crippen molar-refractivity contribution in [2.45, 2.75) is 64.1 Å². The van der Waals surface area contributed by atoms with Gasteiger partial charge in [-0.2, -0.15) is 0 Å². The van der Waals surface area contributed by atoms with Crippen molar-refractivity contribution in [1.29, 1.82) is 0 Å². The van der Waals surface area contributed by atoms with Gasteiger partial charge in [-0.3, -0.25) is 23.9 Å². The van der Waals surface area contributed by atoms with Gasteiger partial charge < -0.3 is 28.4 Å². The van der Waals surface area contributed by atoms with E-state index in [9.17, 15) is 19.2 Å². The fraction of sp³-hybridized carbons (Fsp3) is 0.545. The minimum absolute atomic E-state index is 0.270. The molecule has 1 aliphatic heterocycles. The highest BCUT2D eigenvalue weighted by molar-refractivity contribution is 7.97. The first-order valence-electron chi connectivity index (χ1n) is 10.4. The highest BCUT2D eigenvalue weighted by Crippen LogP contribution is 2.33. The lowest BCUT2D eigenvalue weighted by Crippen LogP contribution is -2.61. The predicted octanol–water partition coefficient (Wildman–Crippen LogP) is 1.52. The van der Waals surface area contributed by atoms with E-state index < -0.39 is 53.7 Å². The van der Waals surface area contributed by atoms with E-state index in [2.05, 4.69) is 4.72 Å². The van der Waals surface area contributed by atoms with Crippen LogP contribution in [-0.4, -0.2) is 67.4 Å². The second-order valence-electron chi connectivity index (χ2n) is 7.35. The van der Waals surface area contributed by atoms with Crippen LogP contribution in [0.3, 0.4) is 0 Å². The number of carbonyl (C=O) groups excluding carboxylic acids is 4. The Kier molecular flexibility index (Phi) is 10.6. The fourth-order valence-electron chi connectivity index (χ4n) is 3.23. The summed E-state index contributed by atoms with van der Waals surface area (Å²) in [6, 6.07) is 7.38. The molecule has 1 fully saturated rings. The van der Waals surface area contributed by atoms with E-state index in [-0.39, 0.29) is 6.61 Å². The van der Waals surface area contributed by atoms with E-state index in [1.54, 1.807) is 7.11 Å². The van der Waals surface area contributed by atoms with E-state index in [4.69, 9.17) is 28.4 Å². The Hall–Kier alpha value is -2.83. The summed E-state index contributed by atoms with van der Waals surface area (Å²) in [6.45, 7) is 4.91. The van der Waals surface area contributed by atoms with Crippen molar-refractivity contribution in [2.24, 2.45) is 0 Å². The molecule has 188 valence electrons. The van der Waals surface area contributed by atoms with Crippen molar-refractivity contribution < 1.29 is 47.6 Å². The first kappa shape index (κ1) is 27.4. The summed E-state index contributed by atoms with van der Waals surface area (Å²) in [6.07, 6.45) is -4.47. The van der Waals surface area contributed by atoms with Crippen molar-refractivity contribution >= 4 is 35.8 Å². The van der Waals surface area contributed by atoms with E-state index in [1.807, 2.05) is 24.3 Å². The van der Waals surface area contributed by atoms with Gasteiger partial charge in [-0.05, 0) is 29.6 Å². The lowest BCUT2D eigenvalue weighted by atomic mass is 9.99. The Morgan fingerprint density at radius 3 is 1.94 bits per heavy atom. The molecule has 0 aliphatic carbocycles. The summed E-state index contributed by atoms with van der Waals surface area (Å²) < 4.78 is 35.5. The van der Waals surface area contributed by atoms with Gasteiger partial charge in [0.25, 0.3) is 0 Å². The van der Waals surface area contributed by atoms with Crippen LogP contribution in [0.2, 0.25) is 0 Å². The van der Waals surface area contributed by atoms with Gasteiger partial charge in [0.2, 0.25) is 0 Å². The third kappa shape index (κ3) is 8.50. The van der Waals surface area contributed by atoms with Crippen molar-refractivity contribution in [2.75, 3.05) is 13.7 Å². The second-order valence-corrected chi connectivity index (χ2v) is 8.34. The zero-order valence-electron chi connectivity index (χ0n) is 19.6. The van der Waals surface area contributed by atoms with Crippen LogP contribution in [0.5, 0.6) is 5.75 Å². The summed E-state index contributed by atoms with van der Waals surface area (Å²) in [5.74, 6) is -1.85. The molecule has 1 saturated heterocycles. The van der Waals surface area contributed by atoms with Crippen LogP contribution in [-0.2, 0) is 49.4 Å². The number of ether oxygens (including phenoxy) is 6. The summed E-state index contributed by atoms with van der Waals surface area (Å²) in [4.78, 5) is 46.8. The zero-order valence-corrected chi connectivity index (χ0v) is 20.4. The van der Waals surface area contributed by atoms with Gasteiger partial charge in [-0.1, -0.05) is 12.1 Å². The smallest absolute Gasteiger partial charge is 0.303 e. The van der Waals surface area contributed by atoms with Crippen LogP contribution in [0, 0.1) is 0 Å². The molecule has 12 heteroatoms. The number of hydrogen-bond acceptors (Lipinski definition) is 12. The molecule has 11 nitrogen and oxygen atoms in total. The van der Waals surface area contributed by atoms with Crippen LogP contribution in [0.25, 0.3) is 0 Å². The largest absolute Gasteiger partial charge is 0.497 e. The van der Waals surface area contributed by atoms with Gasteiger partial charge in [0.15, 0.2) is 23.7 Å². The number of rotatable bonds is 10. The van der Waals surface area contributed by atoms with Crippen molar-refractivity contribution in [1.82, 2.24) is 4.72 Å². The SMILES string of the molecule is COc1ccc(CNS[C@@H]2O[C@H](COC(C)=O)[C@@H](OC(C)=O)[C@H](OC(C)=O)[C@H]2OC(C)=O)cc1. The quantitative estimate of drug-likeness (QED) is 0.284. The third-order valence-corrected chi connectivity index (χ3v) is 5.51. The Balaban J connectivity index is 2.25. The van der Waals surface area contributed by atoms with E-state index in [0.717, 1.165) is 23.3 Å². The van der Waals surface area contributed by atoms with Gasteiger partial charge in [-0.25, -0.2) is 0 Å². The van der Waals surface area contributed by atoms with Gasteiger partial charge in [0.05, 0.1) is 7.11 Å². The first-order chi connectivity index (χ1) is 16.1. The lowest BCUT2D eigenvalue weighted by Gasteiger charge is -2.44. The van der Waals surface area contributed by atoms with Gasteiger partial charge in [0.1, 0.15) is 18.5 Å². The molecule has 0 saturated carbocycles. The molecule has 34 heavy (non-hydrogen) atoms. The number of benzene rings is 1. The molecule has 1 heterocycles. The second kappa shape index (κ2) is 13.2. The first-order valence-corrected chi connectivity index (χ1v) is 11.3. The van der Waals surface area contributed by atoms with Crippen LogP contribution in [0.15, 0.2) is 24.3 Å². The molecular weight excluding hydrogens is 470 g/mol. The minimum Gasteiger partial charge on any atom is -0.497 e. The maximum Gasteiger partial charge on any atom is 0.303 e. The molecule has 0 radical (unpaired) electrons. The molecule has 1 aromatic rings. The van der Waals surface area contributed by atoms with Crippen LogP contribution in [0.4, 0.5) is 0 Å². The van der Waals surface area contributed by atoms with E-state index in [0.29, 0.717) is 6.54 Å². The Bertz CT molecular complexity index is 862. The number of hydrogen-bond donors (Lipinski definition) is 1. The molecule has 0 aromatic heterocycles. The van der Waals surface area contributed by atoms with Gasteiger partial charge >= 0.3 is 23.9 Å². The highest BCUT2D eigenvalue weighted by Gasteiger charge is 2.52. The van der Waals surface area contributed by atoms with Crippen molar-refractivity contribution in [3.05, 3.63) is 29.8 Å². The molecule has 1 N–H and O–H groups in total. The van der Waals surface area contributed by atoms with Crippen molar-refractivity contribution in [3.8, 4) is 5.75 Å². The zero-order chi connectivity index (χ0) is 25.3. The summed E-state index contributed by atoms with van der Waals surface area (Å²) >= 11 is 1.09. The summed E-state index contributed by atoms with van der Waals surface area (Å²) in [5.41, 5.74) is 0.0535. The lowest BCUT2D eigenvalue weighted by molar-refractivity contribution is -0.237. The highest BCUT2D eigenvalue weighted by atomic mass is 32.2. The predicted molar refractivity (Wildman–Crippen MR) is 119 cm³/mol. The van der Waals surface area contributed by atoms with Crippen LogP contribution in [0.1, 0.15) is 33.3 Å². The third-order valence-electron chi connectivity index (χ3n) is 4.58. The Morgan fingerprint density at radius 2 is 1.41 bits per heavy atom. The number of nitrogens with one attached hydrogen (secondary N) is 1. The molecule has 1 aliphatic rings. The average molecular weight is 500 g/mol. The maximum absolute atomic E-state index is 11.8. The molecule has 0 unspecified atom stereocenters. The summed E-state index contributed by atoms with van der Waals surface area (Å²) in [5, 5.41) is 0. The monoisotopic (exact) mass is 499 g/mol. The topological polar surface area (TPSA) is 136 Å². The molecule has 0 bridgehead atoms. The molecule has 0 amide bonds. The minimum atomic E-state index is -1.19. The molecule has 0 spiro atoms. The molecule has 2 rings (SSSR count). The van der Waals surface area contributed by atoms with E-state index in [1.165, 1.54) is 27.7 Å². The Labute approximate surface area is 201 Å². The standard InChI is InChI=1S/C22H29NO10S/c1-12(24)29-11-18-19(30-13(2)25)20(31-14(3)26)21(32-15(4)27)22(33-18)34-23-10-16-6-8-17(28-5)9-7-16/h6-9,18-23H,10-11H2,1-5H3/t18-,19-,20+,21-,22+/m1/s1. The number of esters is 4. The number of carbonyl (C=O) groups is 4.